The highest BCUT2D eigenvalue weighted by Crippen LogP contribution is 2.17. The summed E-state index contributed by atoms with van der Waals surface area (Å²) in [4.78, 5) is 11.7. The molecule has 1 atom stereocenters. The van der Waals surface area contributed by atoms with Gasteiger partial charge in [0.15, 0.2) is 0 Å². The number of hydrogen-bond donors (Lipinski definition) is 2. The number of ether oxygens (including phenoxy) is 1. The van der Waals surface area contributed by atoms with Crippen LogP contribution < -0.4 is 15.4 Å². The van der Waals surface area contributed by atoms with Gasteiger partial charge in [0, 0.05) is 11.8 Å². The largest absolute Gasteiger partial charge is 0.497 e. The fourth-order valence-corrected chi connectivity index (χ4v) is 1.31. The number of nitriles is 1. The summed E-state index contributed by atoms with van der Waals surface area (Å²) in [7, 11) is 1.56. The standard InChI is InChI=1S/C13H17N3O2/c1-4-13(2,9-14)16-12(17)15-10-6-5-7-11(8-10)18-3/h5-8H,4H2,1-3H3,(H2,15,16,17). The van der Waals surface area contributed by atoms with E-state index in [1.54, 1.807) is 38.3 Å². The molecule has 0 aliphatic rings. The van der Waals surface area contributed by atoms with Crippen LogP contribution in [0.1, 0.15) is 20.3 Å². The normalized spacial score (nSPS) is 13.0. The van der Waals surface area contributed by atoms with Crippen LogP contribution in [0.25, 0.3) is 0 Å². The molecular formula is C13H17N3O2. The minimum Gasteiger partial charge on any atom is -0.497 e. The molecule has 2 amide bonds. The molecule has 0 aliphatic carbocycles. The predicted octanol–water partition coefficient (Wildman–Crippen LogP) is 2.51. The molecule has 18 heavy (non-hydrogen) atoms. The van der Waals surface area contributed by atoms with Gasteiger partial charge >= 0.3 is 6.03 Å². The minimum absolute atomic E-state index is 0.408. The second-order valence-electron chi connectivity index (χ2n) is 4.11. The van der Waals surface area contributed by atoms with Crippen molar-refractivity contribution in [2.75, 3.05) is 12.4 Å². The second kappa shape index (κ2) is 5.92. The van der Waals surface area contributed by atoms with Gasteiger partial charge in [-0.2, -0.15) is 5.26 Å². The third-order valence-electron chi connectivity index (χ3n) is 2.67. The topological polar surface area (TPSA) is 74.2 Å². The minimum atomic E-state index is -0.858. The second-order valence-corrected chi connectivity index (χ2v) is 4.11. The molecular weight excluding hydrogens is 230 g/mol. The van der Waals surface area contributed by atoms with E-state index in [9.17, 15) is 4.79 Å². The fraction of sp³-hybridized carbons (Fsp3) is 0.385. The SMILES string of the molecule is CCC(C)(C#N)NC(=O)Nc1cccc(OC)c1. The van der Waals surface area contributed by atoms with Gasteiger partial charge < -0.3 is 15.4 Å². The molecule has 5 nitrogen and oxygen atoms in total. The molecule has 2 N–H and O–H groups in total. The van der Waals surface area contributed by atoms with Crippen LogP contribution in [-0.4, -0.2) is 18.7 Å². The average Bonchev–Trinajstić information content (AvgIpc) is 2.38. The summed E-state index contributed by atoms with van der Waals surface area (Å²) in [6.07, 6.45) is 0.537. The molecule has 0 saturated heterocycles. The lowest BCUT2D eigenvalue weighted by molar-refractivity contribution is 0.244. The van der Waals surface area contributed by atoms with E-state index in [0.717, 1.165) is 0 Å². The molecule has 1 rings (SSSR count). The molecule has 1 aromatic carbocycles. The van der Waals surface area contributed by atoms with Crippen LogP contribution in [0, 0.1) is 11.3 Å². The predicted molar refractivity (Wildman–Crippen MR) is 69.5 cm³/mol. The molecule has 1 unspecified atom stereocenters. The van der Waals surface area contributed by atoms with Crippen molar-refractivity contribution in [3.05, 3.63) is 24.3 Å². The third kappa shape index (κ3) is 3.67. The Morgan fingerprint density at radius 3 is 2.83 bits per heavy atom. The van der Waals surface area contributed by atoms with E-state index in [4.69, 9.17) is 10.00 Å². The number of carbonyl (C=O) groups is 1. The molecule has 1 aromatic rings. The summed E-state index contributed by atoms with van der Waals surface area (Å²) < 4.78 is 5.06. The number of anilines is 1. The first-order valence-corrected chi connectivity index (χ1v) is 5.67. The molecule has 0 heterocycles. The summed E-state index contributed by atoms with van der Waals surface area (Å²) in [5.41, 5.74) is -0.244. The lowest BCUT2D eigenvalue weighted by atomic mass is 10.0. The van der Waals surface area contributed by atoms with Crippen molar-refractivity contribution in [3.8, 4) is 11.8 Å². The van der Waals surface area contributed by atoms with Crippen molar-refractivity contribution in [1.82, 2.24) is 5.32 Å². The highest BCUT2D eigenvalue weighted by atomic mass is 16.5. The lowest BCUT2D eigenvalue weighted by Gasteiger charge is -2.21. The van der Waals surface area contributed by atoms with Gasteiger partial charge in [-0.05, 0) is 25.5 Å². The van der Waals surface area contributed by atoms with Gasteiger partial charge in [-0.25, -0.2) is 4.79 Å². The molecule has 0 bridgehead atoms. The number of nitrogens with one attached hydrogen (secondary N) is 2. The van der Waals surface area contributed by atoms with Crippen molar-refractivity contribution in [2.45, 2.75) is 25.8 Å². The average molecular weight is 247 g/mol. The van der Waals surface area contributed by atoms with Gasteiger partial charge in [0.2, 0.25) is 0 Å². The highest BCUT2D eigenvalue weighted by Gasteiger charge is 2.23. The van der Waals surface area contributed by atoms with Crippen LogP contribution in [0.15, 0.2) is 24.3 Å². The maximum atomic E-state index is 11.7. The van der Waals surface area contributed by atoms with E-state index in [-0.39, 0.29) is 0 Å². The Morgan fingerprint density at radius 1 is 1.56 bits per heavy atom. The van der Waals surface area contributed by atoms with Gasteiger partial charge in [-0.15, -0.1) is 0 Å². The third-order valence-corrected chi connectivity index (χ3v) is 2.67. The van der Waals surface area contributed by atoms with E-state index < -0.39 is 11.6 Å². The van der Waals surface area contributed by atoms with Crippen LogP contribution in [0.4, 0.5) is 10.5 Å². The molecule has 0 spiro atoms. The van der Waals surface area contributed by atoms with Crippen molar-refractivity contribution in [1.29, 1.82) is 5.26 Å². The Kier molecular flexibility index (Phi) is 4.55. The van der Waals surface area contributed by atoms with E-state index in [1.807, 2.05) is 6.92 Å². The Bertz CT molecular complexity index is 468. The highest BCUT2D eigenvalue weighted by molar-refractivity contribution is 5.90. The molecule has 5 heteroatoms. The zero-order valence-electron chi connectivity index (χ0n) is 10.8. The van der Waals surface area contributed by atoms with Crippen LogP contribution in [0.5, 0.6) is 5.75 Å². The van der Waals surface area contributed by atoms with Crippen LogP contribution >= 0.6 is 0 Å². The number of hydrogen-bond acceptors (Lipinski definition) is 3. The van der Waals surface area contributed by atoms with Gasteiger partial charge in [-0.1, -0.05) is 13.0 Å². The van der Waals surface area contributed by atoms with Crippen molar-refractivity contribution < 1.29 is 9.53 Å². The monoisotopic (exact) mass is 247 g/mol. The van der Waals surface area contributed by atoms with Gasteiger partial charge in [-0.3, -0.25) is 0 Å². The number of carbonyl (C=O) groups excluding carboxylic acids is 1. The quantitative estimate of drug-likeness (QED) is 0.858. The Labute approximate surface area is 107 Å². The van der Waals surface area contributed by atoms with Crippen molar-refractivity contribution in [2.24, 2.45) is 0 Å². The lowest BCUT2D eigenvalue weighted by Crippen LogP contribution is -2.46. The number of rotatable bonds is 4. The van der Waals surface area contributed by atoms with Crippen molar-refractivity contribution in [3.63, 3.8) is 0 Å². The zero-order valence-corrected chi connectivity index (χ0v) is 10.8. The molecule has 0 saturated carbocycles. The Balaban J connectivity index is 2.68. The van der Waals surface area contributed by atoms with E-state index in [2.05, 4.69) is 16.7 Å². The van der Waals surface area contributed by atoms with Gasteiger partial charge in [0.05, 0.1) is 13.2 Å². The first-order valence-electron chi connectivity index (χ1n) is 5.67. The smallest absolute Gasteiger partial charge is 0.320 e. The molecule has 96 valence electrons. The van der Waals surface area contributed by atoms with Crippen LogP contribution in [0.2, 0.25) is 0 Å². The van der Waals surface area contributed by atoms with Gasteiger partial charge in [0.25, 0.3) is 0 Å². The number of nitrogens with zero attached hydrogens (tertiary/aromatic N) is 1. The molecule has 0 aliphatic heterocycles. The number of urea groups is 1. The fourth-order valence-electron chi connectivity index (χ4n) is 1.31. The summed E-state index contributed by atoms with van der Waals surface area (Å²) in [6, 6.07) is 8.68. The first-order chi connectivity index (χ1) is 8.53. The molecule has 0 aromatic heterocycles. The van der Waals surface area contributed by atoms with E-state index in [1.165, 1.54) is 0 Å². The zero-order chi connectivity index (χ0) is 13.6. The van der Waals surface area contributed by atoms with Crippen LogP contribution in [0.3, 0.4) is 0 Å². The Hall–Kier alpha value is -2.22. The van der Waals surface area contributed by atoms with Gasteiger partial charge in [0.1, 0.15) is 11.3 Å². The van der Waals surface area contributed by atoms with Crippen molar-refractivity contribution >= 4 is 11.7 Å². The first kappa shape index (κ1) is 13.8. The number of methoxy groups -OCH3 is 1. The maximum Gasteiger partial charge on any atom is 0.320 e. The molecule has 0 fully saturated rings. The van der Waals surface area contributed by atoms with Crippen LogP contribution in [-0.2, 0) is 0 Å². The molecule has 0 radical (unpaired) electrons. The summed E-state index contributed by atoms with van der Waals surface area (Å²) in [6.45, 7) is 3.52. The van der Waals surface area contributed by atoms with E-state index in [0.29, 0.717) is 17.9 Å². The summed E-state index contributed by atoms with van der Waals surface area (Å²) >= 11 is 0. The number of benzene rings is 1. The van der Waals surface area contributed by atoms with E-state index >= 15 is 0 Å². The Morgan fingerprint density at radius 2 is 2.28 bits per heavy atom. The maximum absolute atomic E-state index is 11.7. The summed E-state index contributed by atoms with van der Waals surface area (Å²) in [5.74, 6) is 0.659. The number of amides is 2. The summed E-state index contributed by atoms with van der Waals surface area (Å²) in [5, 5.41) is 14.3.